The molecule has 0 bridgehead atoms. The van der Waals surface area contributed by atoms with Gasteiger partial charge in [0.1, 0.15) is 6.04 Å². The molecule has 1 aliphatic heterocycles. The summed E-state index contributed by atoms with van der Waals surface area (Å²) in [5.74, 6) is -0.480. The Morgan fingerprint density at radius 2 is 1.74 bits per heavy atom. The second kappa shape index (κ2) is 11.1. The molecule has 38 heavy (non-hydrogen) atoms. The summed E-state index contributed by atoms with van der Waals surface area (Å²) in [5.41, 5.74) is 3.65. The Morgan fingerprint density at radius 3 is 2.45 bits per heavy atom. The van der Waals surface area contributed by atoms with E-state index < -0.39 is 22.0 Å². The molecule has 0 saturated carbocycles. The molecule has 0 unspecified atom stereocenters. The van der Waals surface area contributed by atoms with Crippen LogP contribution in [-0.2, 0) is 26.0 Å². The maximum absolute atomic E-state index is 13.5. The summed E-state index contributed by atoms with van der Waals surface area (Å²) < 4.78 is 34.4. The maximum atomic E-state index is 13.5. The minimum Gasteiger partial charge on any atom is -0.378 e. The van der Waals surface area contributed by atoms with Crippen molar-refractivity contribution in [2.45, 2.75) is 17.4 Å². The number of para-hydroxylation sites is 1. The molecule has 3 N–H and O–H groups in total. The number of fused-ring (bicyclic) bond motifs is 1. The van der Waals surface area contributed by atoms with Crippen molar-refractivity contribution in [3.63, 3.8) is 0 Å². The Bertz CT molecular complexity index is 1570. The third-order valence-corrected chi connectivity index (χ3v) is 8.01. The van der Waals surface area contributed by atoms with E-state index in [1.54, 1.807) is 18.3 Å². The van der Waals surface area contributed by atoms with Crippen LogP contribution in [0.5, 0.6) is 0 Å². The molecule has 1 amide bonds. The number of anilines is 2. The fraction of sp³-hybridized carbons (Fsp3) is 0.214. The van der Waals surface area contributed by atoms with Crippen molar-refractivity contribution in [1.29, 1.82) is 5.26 Å². The van der Waals surface area contributed by atoms with Gasteiger partial charge in [0.25, 0.3) is 0 Å². The number of amides is 1. The van der Waals surface area contributed by atoms with E-state index >= 15 is 0 Å². The normalized spacial score (nSPS) is 14.7. The number of carbonyl (C=O) groups is 1. The van der Waals surface area contributed by atoms with Crippen molar-refractivity contribution in [2.24, 2.45) is 0 Å². The lowest BCUT2D eigenvalue weighted by Gasteiger charge is -2.29. The van der Waals surface area contributed by atoms with Crippen LogP contribution in [0.15, 0.2) is 83.9 Å². The summed E-state index contributed by atoms with van der Waals surface area (Å²) in [5, 5.41) is 12.8. The number of aromatic nitrogens is 1. The fourth-order valence-corrected chi connectivity index (χ4v) is 5.67. The molecule has 194 valence electrons. The number of hydrogen-bond donors (Lipinski definition) is 3. The molecule has 1 aromatic heterocycles. The molecule has 5 rings (SSSR count). The van der Waals surface area contributed by atoms with E-state index in [1.165, 1.54) is 24.3 Å². The SMILES string of the molecule is N#Cc1ccc(S(=O)(=O)N[C@@H](Cc2c[nH]c3ccccc23)C(=O)Nc2ccc(N3CCOCC3)cc2)cc1. The van der Waals surface area contributed by atoms with Crippen molar-refractivity contribution in [1.82, 2.24) is 9.71 Å². The number of aromatic amines is 1. The third kappa shape index (κ3) is 5.70. The molecule has 0 radical (unpaired) electrons. The smallest absolute Gasteiger partial charge is 0.242 e. The molecule has 9 nitrogen and oxygen atoms in total. The van der Waals surface area contributed by atoms with E-state index in [4.69, 9.17) is 10.00 Å². The first-order valence-corrected chi connectivity index (χ1v) is 13.7. The van der Waals surface area contributed by atoms with Gasteiger partial charge >= 0.3 is 0 Å². The second-order valence-corrected chi connectivity index (χ2v) is 10.7. The number of morpholine rings is 1. The van der Waals surface area contributed by atoms with E-state index in [2.05, 4.69) is 19.9 Å². The largest absolute Gasteiger partial charge is 0.378 e. The zero-order valence-electron chi connectivity index (χ0n) is 20.6. The van der Waals surface area contributed by atoms with Gasteiger partial charge in [-0.3, -0.25) is 4.79 Å². The molecule has 4 aromatic rings. The number of hydrogen-bond acceptors (Lipinski definition) is 6. The predicted octanol–water partition coefficient (Wildman–Crippen LogP) is 3.40. The lowest BCUT2D eigenvalue weighted by Crippen LogP contribution is -2.45. The van der Waals surface area contributed by atoms with Crippen LogP contribution in [0.1, 0.15) is 11.1 Å². The molecule has 10 heteroatoms. The number of nitrogens with one attached hydrogen (secondary N) is 3. The van der Waals surface area contributed by atoms with Crippen LogP contribution < -0.4 is 14.9 Å². The van der Waals surface area contributed by atoms with Gasteiger partial charge < -0.3 is 19.9 Å². The van der Waals surface area contributed by atoms with Gasteiger partial charge in [-0.15, -0.1) is 0 Å². The van der Waals surface area contributed by atoms with Gasteiger partial charge in [-0.25, -0.2) is 8.42 Å². The Hall–Kier alpha value is -4.17. The quantitative estimate of drug-likeness (QED) is 0.321. The number of nitrogens with zero attached hydrogens (tertiary/aromatic N) is 2. The van der Waals surface area contributed by atoms with E-state index in [-0.39, 0.29) is 11.3 Å². The van der Waals surface area contributed by atoms with Gasteiger partial charge in [0.05, 0.1) is 29.7 Å². The number of benzene rings is 3. The van der Waals surface area contributed by atoms with Crippen LogP contribution in [-0.4, -0.2) is 51.7 Å². The summed E-state index contributed by atoms with van der Waals surface area (Å²) in [4.78, 5) is 18.8. The van der Waals surface area contributed by atoms with Gasteiger partial charge in [-0.05, 0) is 66.6 Å². The molecule has 2 heterocycles. The number of ether oxygens (including phenoxy) is 1. The minimum absolute atomic E-state index is 0.0249. The molecule has 0 spiro atoms. The summed E-state index contributed by atoms with van der Waals surface area (Å²) in [6.07, 6.45) is 1.93. The summed E-state index contributed by atoms with van der Waals surface area (Å²) in [6, 6.07) is 21.6. The molecular formula is C28H27N5O4S. The summed E-state index contributed by atoms with van der Waals surface area (Å²) in [6.45, 7) is 2.95. The van der Waals surface area contributed by atoms with Gasteiger partial charge in [0.15, 0.2) is 0 Å². The highest BCUT2D eigenvalue weighted by atomic mass is 32.2. The molecular weight excluding hydrogens is 502 g/mol. The van der Waals surface area contributed by atoms with E-state index in [1.807, 2.05) is 42.5 Å². The van der Waals surface area contributed by atoms with Crippen LogP contribution in [0.3, 0.4) is 0 Å². The van der Waals surface area contributed by atoms with Crippen molar-refractivity contribution in [3.8, 4) is 6.07 Å². The molecule has 1 aliphatic rings. The molecule has 0 aliphatic carbocycles. The number of carbonyl (C=O) groups excluding carboxylic acids is 1. The second-order valence-electron chi connectivity index (χ2n) is 9.01. The predicted molar refractivity (Wildman–Crippen MR) is 145 cm³/mol. The molecule has 1 saturated heterocycles. The van der Waals surface area contributed by atoms with E-state index in [0.29, 0.717) is 24.5 Å². The topological polar surface area (TPSA) is 127 Å². The Morgan fingerprint density at radius 1 is 1.03 bits per heavy atom. The maximum Gasteiger partial charge on any atom is 0.242 e. The average Bonchev–Trinajstić information content (AvgIpc) is 3.36. The molecule has 1 fully saturated rings. The van der Waals surface area contributed by atoms with Crippen molar-refractivity contribution in [3.05, 3.63) is 90.1 Å². The van der Waals surface area contributed by atoms with Crippen LogP contribution in [0.2, 0.25) is 0 Å². The number of rotatable bonds is 8. The van der Waals surface area contributed by atoms with Crippen LogP contribution in [0.25, 0.3) is 10.9 Å². The fourth-order valence-electron chi connectivity index (χ4n) is 4.48. The lowest BCUT2D eigenvalue weighted by atomic mass is 10.0. The van der Waals surface area contributed by atoms with Crippen molar-refractivity contribution in [2.75, 3.05) is 36.5 Å². The zero-order valence-corrected chi connectivity index (χ0v) is 21.4. The van der Waals surface area contributed by atoms with Crippen molar-refractivity contribution >= 4 is 38.2 Å². The Balaban J connectivity index is 1.38. The van der Waals surface area contributed by atoms with Crippen LogP contribution >= 0.6 is 0 Å². The highest BCUT2D eigenvalue weighted by molar-refractivity contribution is 7.89. The third-order valence-electron chi connectivity index (χ3n) is 6.52. The summed E-state index contributed by atoms with van der Waals surface area (Å²) in [7, 11) is -4.05. The first-order valence-electron chi connectivity index (χ1n) is 12.2. The average molecular weight is 530 g/mol. The van der Waals surface area contributed by atoms with Crippen molar-refractivity contribution < 1.29 is 17.9 Å². The monoisotopic (exact) mass is 529 g/mol. The number of sulfonamides is 1. The standard InChI is InChI=1S/C28H27N5O4S/c29-18-20-5-11-24(12-6-20)38(35,36)32-27(17-21-19-30-26-4-2-1-3-25(21)26)28(34)31-22-7-9-23(10-8-22)33-13-15-37-16-14-33/h1-12,19,27,30,32H,13-17H2,(H,31,34)/t27-/m0/s1. The summed E-state index contributed by atoms with van der Waals surface area (Å²) >= 11 is 0. The molecule has 1 atom stereocenters. The van der Waals surface area contributed by atoms with E-state index in [0.717, 1.165) is 35.2 Å². The van der Waals surface area contributed by atoms with Gasteiger partial charge in [0, 0.05) is 41.6 Å². The van der Waals surface area contributed by atoms with Gasteiger partial charge in [-0.2, -0.15) is 9.98 Å². The highest BCUT2D eigenvalue weighted by Gasteiger charge is 2.27. The van der Waals surface area contributed by atoms with Gasteiger partial charge in [-0.1, -0.05) is 18.2 Å². The zero-order chi connectivity index (χ0) is 26.5. The Labute approximate surface area is 221 Å². The molecule has 3 aromatic carbocycles. The first kappa shape index (κ1) is 25.5. The lowest BCUT2D eigenvalue weighted by molar-refractivity contribution is -0.117. The highest BCUT2D eigenvalue weighted by Crippen LogP contribution is 2.22. The number of nitriles is 1. The van der Waals surface area contributed by atoms with Crippen LogP contribution in [0, 0.1) is 11.3 Å². The first-order chi connectivity index (χ1) is 18.4. The minimum atomic E-state index is -4.05. The number of H-pyrrole nitrogens is 1. The Kier molecular flexibility index (Phi) is 7.42. The van der Waals surface area contributed by atoms with Gasteiger partial charge in [0.2, 0.25) is 15.9 Å². The van der Waals surface area contributed by atoms with E-state index in [9.17, 15) is 13.2 Å². The van der Waals surface area contributed by atoms with Crippen LogP contribution in [0.4, 0.5) is 11.4 Å².